The van der Waals surface area contributed by atoms with Crippen LogP contribution in [0.5, 0.6) is 5.75 Å². The molecule has 1 aromatic rings. The number of hydrogen-bond acceptors (Lipinski definition) is 6. The minimum absolute atomic E-state index is 0.0742. The maximum absolute atomic E-state index is 12.7. The minimum atomic E-state index is -2.45. The van der Waals surface area contributed by atoms with Crippen molar-refractivity contribution in [2.24, 2.45) is 0 Å². The Hall–Kier alpha value is -1.68. The first-order valence-electron chi connectivity index (χ1n) is 8.74. The highest BCUT2D eigenvalue weighted by molar-refractivity contribution is 7.80. The Balaban J connectivity index is 1.58. The summed E-state index contributed by atoms with van der Waals surface area (Å²) in [4.78, 5) is 16.9. The fourth-order valence-electron chi connectivity index (χ4n) is 3.39. The molecule has 3 rings (SSSR count). The Morgan fingerprint density at radius 1 is 1.38 bits per heavy atom. The van der Waals surface area contributed by atoms with Crippen molar-refractivity contribution in [1.82, 2.24) is 9.80 Å². The summed E-state index contributed by atoms with van der Waals surface area (Å²) in [5.41, 5.74) is 0.787. The molecular weight excluding hydrogens is 358 g/mol. The van der Waals surface area contributed by atoms with E-state index in [1.54, 1.807) is 12.1 Å². The zero-order valence-electron chi connectivity index (χ0n) is 14.8. The van der Waals surface area contributed by atoms with Gasteiger partial charge in [-0.05, 0) is 31.0 Å². The second-order valence-corrected chi connectivity index (χ2v) is 7.15. The van der Waals surface area contributed by atoms with Crippen molar-refractivity contribution in [3.63, 3.8) is 0 Å². The second kappa shape index (κ2) is 8.81. The SMILES string of the molecule is COc1cc(C(=O)N2CCN(CC3CCCO3)CC2)ccc1NS(=O)[O-]. The molecule has 2 aliphatic heterocycles. The van der Waals surface area contributed by atoms with E-state index in [0.717, 1.165) is 39.1 Å². The normalized spacial score (nSPS) is 22.2. The molecule has 8 nitrogen and oxygen atoms in total. The van der Waals surface area contributed by atoms with E-state index in [1.807, 2.05) is 4.90 Å². The Bertz CT molecular complexity index is 658. The smallest absolute Gasteiger partial charge is 0.254 e. The molecule has 1 amide bonds. The van der Waals surface area contributed by atoms with Crippen molar-refractivity contribution in [2.45, 2.75) is 18.9 Å². The standard InChI is InChI=1S/C17H25N3O5S/c1-24-16-11-13(4-5-15(16)18-26(22)23)17(21)20-8-6-19(7-9-20)12-14-3-2-10-25-14/h4-5,11,14,18H,2-3,6-10,12H2,1H3,(H,22,23)/p-1. The van der Waals surface area contributed by atoms with Gasteiger partial charge in [-0.3, -0.25) is 13.9 Å². The lowest BCUT2D eigenvalue weighted by atomic mass is 10.1. The van der Waals surface area contributed by atoms with Gasteiger partial charge < -0.3 is 23.6 Å². The van der Waals surface area contributed by atoms with Crippen LogP contribution in [0.3, 0.4) is 0 Å². The predicted octanol–water partition coefficient (Wildman–Crippen LogP) is 0.838. The van der Waals surface area contributed by atoms with Gasteiger partial charge in [0.25, 0.3) is 5.91 Å². The summed E-state index contributed by atoms with van der Waals surface area (Å²) in [6, 6.07) is 4.71. The number of ether oxygens (including phenoxy) is 2. The third kappa shape index (κ3) is 4.73. The van der Waals surface area contributed by atoms with Gasteiger partial charge in [0, 0.05) is 56.2 Å². The zero-order chi connectivity index (χ0) is 18.5. The van der Waals surface area contributed by atoms with Crippen LogP contribution in [0.25, 0.3) is 0 Å². The van der Waals surface area contributed by atoms with Crippen LogP contribution in [0.15, 0.2) is 18.2 Å². The minimum Gasteiger partial charge on any atom is -0.755 e. The van der Waals surface area contributed by atoms with E-state index in [2.05, 4.69) is 9.62 Å². The van der Waals surface area contributed by atoms with Crippen LogP contribution in [0.1, 0.15) is 23.2 Å². The lowest BCUT2D eigenvalue weighted by molar-refractivity contribution is 0.0432. The topological polar surface area (TPSA) is 94.2 Å². The van der Waals surface area contributed by atoms with Gasteiger partial charge in [-0.25, -0.2) is 0 Å². The molecule has 0 aromatic heterocycles. The molecule has 0 aliphatic carbocycles. The Labute approximate surface area is 155 Å². The first-order chi connectivity index (χ1) is 12.6. The van der Waals surface area contributed by atoms with Gasteiger partial charge in [-0.1, -0.05) is 0 Å². The largest absolute Gasteiger partial charge is 0.755 e. The number of amides is 1. The third-order valence-electron chi connectivity index (χ3n) is 4.79. The van der Waals surface area contributed by atoms with Gasteiger partial charge >= 0.3 is 0 Å². The van der Waals surface area contributed by atoms with E-state index < -0.39 is 11.3 Å². The lowest BCUT2D eigenvalue weighted by Gasteiger charge is -2.35. The summed E-state index contributed by atoms with van der Waals surface area (Å²) in [5.74, 6) is 0.243. The average Bonchev–Trinajstić information content (AvgIpc) is 3.14. The zero-order valence-corrected chi connectivity index (χ0v) is 15.6. The summed E-state index contributed by atoms with van der Waals surface area (Å²) in [6.45, 7) is 4.78. The van der Waals surface area contributed by atoms with Crippen LogP contribution >= 0.6 is 0 Å². The molecule has 2 heterocycles. The summed E-state index contributed by atoms with van der Waals surface area (Å²) >= 11 is -2.45. The van der Waals surface area contributed by atoms with Crippen molar-refractivity contribution in [3.05, 3.63) is 23.8 Å². The number of anilines is 1. The highest BCUT2D eigenvalue weighted by Gasteiger charge is 2.25. The molecule has 1 N–H and O–H groups in total. The second-order valence-electron chi connectivity index (χ2n) is 6.48. The number of nitrogens with zero attached hydrogens (tertiary/aromatic N) is 2. The fourth-order valence-corrected chi connectivity index (χ4v) is 3.74. The molecule has 144 valence electrons. The van der Waals surface area contributed by atoms with Gasteiger partial charge in [-0.2, -0.15) is 0 Å². The number of nitrogens with one attached hydrogen (secondary N) is 1. The molecule has 9 heteroatoms. The molecule has 26 heavy (non-hydrogen) atoms. The molecule has 2 atom stereocenters. The van der Waals surface area contributed by atoms with Gasteiger partial charge in [0.15, 0.2) is 0 Å². The van der Waals surface area contributed by atoms with Crippen molar-refractivity contribution in [2.75, 3.05) is 51.2 Å². The van der Waals surface area contributed by atoms with Gasteiger partial charge in [-0.15, -0.1) is 0 Å². The highest BCUT2D eigenvalue weighted by atomic mass is 32.2. The van der Waals surface area contributed by atoms with Crippen molar-refractivity contribution in [1.29, 1.82) is 0 Å². The number of rotatable bonds is 6. The van der Waals surface area contributed by atoms with E-state index in [-0.39, 0.29) is 5.91 Å². The van der Waals surface area contributed by atoms with Crippen LogP contribution in [-0.2, 0) is 16.0 Å². The molecule has 2 unspecified atom stereocenters. The van der Waals surface area contributed by atoms with E-state index >= 15 is 0 Å². The molecule has 1 aromatic carbocycles. The highest BCUT2D eigenvalue weighted by Crippen LogP contribution is 2.26. The number of hydrogen-bond donors (Lipinski definition) is 1. The number of benzene rings is 1. The van der Waals surface area contributed by atoms with Gasteiger partial charge in [0.05, 0.1) is 18.9 Å². The van der Waals surface area contributed by atoms with Crippen molar-refractivity contribution >= 4 is 22.9 Å². The summed E-state index contributed by atoms with van der Waals surface area (Å²) in [5, 5.41) is 0. The summed E-state index contributed by atoms with van der Waals surface area (Å²) < 4.78 is 34.7. The first-order valence-corrected chi connectivity index (χ1v) is 9.81. The first kappa shape index (κ1) is 19.1. The molecule has 0 radical (unpaired) electrons. The monoisotopic (exact) mass is 382 g/mol. The van der Waals surface area contributed by atoms with Gasteiger partial charge in [0.1, 0.15) is 5.75 Å². The van der Waals surface area contributed by atoms with E-state index in [9.17, 15) is 13.6 Å². The third-order valence-corrected chi connectivity index (χ3v) is 5.17. The van der Waals surface area contributed by atoms with E-state index in [4.69, 9.17) is 9.47 Å². The van der Waals surface area contributed by atoms with E-state index in [0.29, 0.717) is 36.2 Å². The van der Waals surface area contributed by atoms with Crippen LogP contribution < -0.4 is 9.46 Å². The average molecular weight is 382 g/mol. The van der Waals surface area contributed by atoms with Gasteiger partial charge in [0.2, 0.25) is 0 Å². The van der Waals surface area contributed by atoms with Crippen LogP contribution in [-0.4, -0.2) is 77.0 Å². The van der Waals surface area contributed by atoms with Crippen LogP contribution in [0.2, 0.25) is 0 Å². The molecule has 2 aliphatic rings. The van der Waals surface area contributed by atoms with Crippen molar-refractivity contribution in [3.8, 4) is 5.75 Å². The Kier molecular flexibility index (Phi) is 6.47. The molecule has 0 spiro atoms. The molecule has 2 fully saturated rings. The number of carbonyl (C=O) groups is 1. The Morgan fingerprint density at radius 3 is 2.77 bits per heavy atom. The molecule has 2 saturated heterocycles. The fraction of sp³-hybridized carbons (Fsp3) is 0.588. The summed E-state index contributed by atoms with van der Waals surface area (Å²) in [6.07, 6.45) is 2.58. The maximum Gasteiger partial charge on any atom is 0.254 e. The summed E-state index contributed by atoms with van der Waals surface area (Å²) in [7, 11) is 1.44. The quantitative estimate of drug-likeness (QED) is 0.733. The number of methoxy groups -OCH3 is 1. The lowest BCUT2D eigenvalue weighted by Crippen LogP contribution is -2.50. The number of carbonyl (C=O) groups excluding carboxylic acids is 1. The van der Waals surface area contributed by atoms with Crippen LogP contribution in [0, 0.1) is 0 Å². The molecular formula is C17H24N3O5S-. The number of piperazine rings is 1. The Morgan fingerprint density at radius 2 is 2.15 bits per heavy atom. The molecule has 0 saturated carbocycles. The van der Waals surface area contributed by atoms with Crippen LogP contribution in [0.4, 0.5) is 5.69 Å². The van der Waals surface area contributed by atoms with Crippen molar-refractivity contribution < 1.29 is 23.0 Å². The van der Waals surface area contributed by atoms with E-state index in [1.165, 1.54) is 13.2 Å². The predicted molar refractivity (Wildman–Crippen MR) is 96.9 cm³/mol. The molecule has 0 bridgehead atoms. The maximum atomic E-state index is 12.7.